The lowest BCUT2D eigenvalue weighted by molar-refractivity contribution is -0.133. The third-order valence-electron chi connectivity index (χ3n) is 3.50. The highest BCUT2D eigenvalue weighted by atomic mass is 16.2. The molecule has 3 heteroatoms. The number of likely N-dealkylation sites (N-methyl/N-ethyl adjacent to an activating group) is 1. The number of hydrogen-bond acceptors (Lipinski definition) is 2. The summed E-state index contributed by atoms with van der Waals surface area (Å²) in [5, 5.41) is 0. The van der Waals surface area contributed by atoms with Gasteiger partial charge in [-0.05, 0) is 31.8 Å². The third-order valence-corrected chi connectivity index (χ3v) is 3.50. The number of likely N-dealkylation sites (tertiary alicyclic amines) is 1. The Kier molecular flexibility index (Phi) is 5.26. The summed E-state index contributed by atoms with van der Waals surface area (Å²) in [5.74, 6) is 1.25. The Balaban J connectivity index is 2.21. The van der Waals surface area contributed by atoms with Crippen LogP contribution in [0, 0.1) is 11.8 Å². The van der Waals surface area contributed by atoms with Gasteiger partial charge in [-0.1, -0.05) is 20.8 Å². The van der Waals surface area contributed by atoms with Crippen molar-refractivity contribution in [3.05, 3.63) is 0 Å². The van der Waals surface area contributed by atoms with Crippen molar-refractivity contribution >= 4 is 5.91 Å². The monoisotopic (exact) mass is 226 g/mol. The summed E-state index contributed by atoms with van der Waals surface area (Å²) in [5.41, 5.74) is 0. The number of amides is 1. The van der Waals surface area contributed by atoms with Gasteiger partial charge in [-0.25, -0.2) is 0 Å². The van der Waals surface area contributed by atoms with Gasteiger partial charge in [0.25, 0.3) is 0 Å². The second kappa shape index (κ2) is 6.24. The molecule has 0 bridgehead atoms. The maximum atomic E-state index is 11.7. The molecule has 0 unspecified atom stereocenters. The number of carbonyl (C=O) groups excluding carboxylic acids is 1. The van der Waals surface area contributed by atoms with Crippen LogP contribution in [0.1, 0.15) is 33.6 Å². The van der Waals surface area contributed by atoms with E-state index >= 15 is 0 Å². The van der Waals surface area contributed by atoms with Crippen molar-refractivity contribution in [1.29, 1.82) is 0 Å². The van der Waals surface area contributed by atoms with E-state index in [0.29, 0.717) is 0 Å². The lowest BCUT2D eigenvalue weighted by atomic mass is 9.99. The van der Waals surface area contributed by atoms with Gasteiger partial charge in [0.05, 0.1) is 0 Å². The van der Waals surface area contributed by atoms with Crippen LogP contribution in [0.25, 0.3) is 0 Å². The molecule has 0 aromatic heterocycles. The van der Waals surface area contributed by atoms with Gasteiger partial charge in [0.1, 0.15) is 0 Å². The van der Waals surface area contributed by atoms with E-state index in [-0.39, 0.29) is 11.8 Å². The van der Waals surface area contributed by atoms with Crippen LogP contribution in [0.3, 0.4) is 0 Å². The predicted octanol–water partition coefficient (Wildman–Crippen LogP) is 1.83. The zero-order chi connectivity index (χ0) is 12.1. The van der Waals surface area contributed by atoms with E-state index in [4.69, 9.17) is 0 Å². The molecule has 0 spiro atoms. The molecule has 0 saturated carbocycles. The summed E-state index contributed by atoms with van der Waals surface area (Å²) in [6, 6.07) is 0. The molecule has 1 aliphatic rings. The highest BCUT2D eigenvalue weighted by Gasteiger charge is 2.17. The van der Waals surface area contributed by atoms with Gasteiger partial charge in [0.2, 0.25) is 5.91 Å². The van der Waals surface area contributed by atoms with Gasteiger partial charge < -0.3 is 9.80 Å². The fourth-order valence-electron chi connectivity index (χ4n) is 2.13. The normalized spacial score (nSPS) is 19.1. The summed E-state index contributed by atoms with van der Waals surface area (Å²) >= 11 is 0. The second-order valence-corrected chi connectivity index (χ2v) is 5.44. The standard InChI is InChI=1S/C13H26N2O/c1-11(2)13(16)14(4)9-10-15-7-5-12(3)6-8-15/h11-12H,5-10H2,1-4H3. The first kappa shape index (κ1) is 13.5. The fraction of sp³-hybridized carbons (Fsp3) is 0.923. The van der Waals surface area contributed by atoms with Gasteiger partial charge in [-0.15, -0.1) is 0 Å². The van der Waals surface area contributed by atoms with E-state index in [9.17, 15) is 4.79 Å². The molecule has 94 valence electrons. The molecule has 1 aliphatic heterocycles. The molecule has 16 heavy (non-hydrogen) atoms. The minimum atomic E-state index is 0.117. The van der Waals surface area contributed by atoms with Crippen LogP contribution in [0.5, 0.6) is 0 Å². The molecule has 0 aliphatic carbocycles. The Morgan fingerprint density at radius 2 is 1.94 bits per heavy atom. The lowest BCUT2D eigenvalue weighted by Crippen LogP contribution is -2.41. The van der Waals surface area contributed by atoms with Crippen LogP contribution < -0.4 is 0 Å². The summed E-state index contributed by atoms with van der Waals surface area (Å²) in [4.78, 5) is 16.0. The summed E-state index contributed by atoms with van der Waals surface area (Å²) in [6.45, 7) is 10.5. The topological polar surface area (TPSA) is 23.6 Å². The Labute approximate surface area is 99.8 Å². The maximum absolute atomic E-state index is 11.7. The Morgan fingerprint density at radius 3 is 2.44 bits per heavy atom. The largest absolute Gasteiger partial charge is 0.344 e. The van der Waals surface area contributed by atoms with Crippen LogP contribution in [0.15, 0.2) is 0 Å². The van der Waals surface area contributed by atoms with Crippen molar-refractivity contribution in [2.75, 3.05) is 33.2 Å². The minimum Gasteiger partial charge on any atom is -0.344 e. The zero-order valence-corrected chi connectivity index (χ0v) is 11.2. The zero-order valence-electron chi connectivity index (χ0n) is 11.2. The highest BCUT2D eigenvalue weighted by molar-refractivity contribution is 5.77. The van der Waals surface area contributed by atoms with E-state index in [1.165, 1.54) is 25.9 Å². The second-order valence-electron chi connectivity index (χ2n) is 5.44. The van der Waals surface area contributed by atoms with Crippen molar-refractivity contribution in [3.8, 4) is 0 Å². The average Bonchev–Trinajstić information content (AvgIpc) is 2.26. The van der Waals surface area contributed by atoms with Crippen molar-refractivity contribution in [3.63, 3.8) is 0 Å². The van der Waals surface area contributed by atoms with Gasteiger partial charge in [0, 0.05) is 26.1 Å². The molecule has 0 N–H and O–H groups in total. The van der Waals surface area contributed by atoms with Crippen molar-refractivity contribution < 1.29 is 4.79 Å². The van der Waals surface area contributed by atoms with Crippen LogP contribution in [-0.4, -0.2) is 48.9 Å². The molecule has 1 heterocycles. The number of carbonyl (C=O) groups is 1. The summed E-state index contributed by atoms with van der Waals surface area (Å²) in [6.07, 6.45) is 2.61. The predicted molar refractivity (Wildman–Crippen MR) is 67.3 cm³/mol. The first-order valence-electron chi connectivity index (χ1n) is 6.48. The third kappa shape index (κ3) is 4.12. The van der Waals surface area contributed by atoms with Gasteiger partial charge >= 0.3 is 0 Å². The van der Waals surface area contributed by atoms with E-state index in [0.717, 1.165) is 19.0 Å². The quantitative estimate of drug-likeness (QED) is 0.730. The Bertz CT molecular complexity index is 220. The van der Waals surface area contributed by atoms with Crippen LogP contribution >= 0.6 is 0 Å². The molecule has 0 radical (unpaired) electrons. The number of piperidine rings is 1. The van der Waals surface area contributed by atoms with Crippen molar-refractivity contribution in [2.24, 2.45) is 11.8 Å². The summed E-state index contributed by atoms with van der Waals surface area (Å²) in [7, 11) is 1.91. The molecule has 0 atom stereocenters. The molecular formula is C13H26N2O. The Hall–Kier alpha value is -0.570. The smallest absolute Gasteiger partial charge is 0.224 e. The highest BCUT2D eigenvalue weighted by Crippen LogP contribution is 2.15. The molecule has 0 aromatic rings. The SMILES string of the molecule is CC1CCN(CCN(C)C(=O)C(C)C)CC1. The first-order chi connectivity index (χ1) is 7.50. The lowest BCUT2D eigenvalue weighted by Gasteiger charge is -2.31. The van der Waals surface area contributed by atoms with Crippen LogP contribution in [-0.2, 0) is 4.79 Å². The fourth-order valence-corrected chi connectivity index (χ4v) is 2.13. The van der Waals surface area contributed by atoms with Crippen LogP contribution in [0.4, 0.5) is 0 Å². The van der Waals surface area contributed by atoms with E-state index in [2.05, 4.69) is 11.8 Å². The molecule has 1 fully saturated rings. The minimum absolute atomic E-state index is 0.117. The van der Waals surface area contributed by atoms with Crippen molar-refractivity contribution in [1.82, 2.24) is 9.80 Å². The number of hydrogen-bond donors (Lipinski definition) is 0. The van der Waals surface area contributed by atoms with Gasteiger partial charge in [0.15, 0.2) is 0 Å². The van der Waals surface area contributed by atoms with Gasteiger partial charge in [-0.3, -0.25) is 4.79 Å². The van der Waals surface area contributed by atoms with Gasteiger partial charge in [-0.2, -0.15) is 0 Å². The molecule has 3 nitrogen and oxygen atoms in total. The molecule has 1 amide bonds. The van der Waals surface area contributed by atoms with E-state index in [1.54, 1.807) is 0 Å². The maximum Gasteiger partial charge on any atom is 0.224 e. The van der Waals surface area contributed by atoms with E-state index in [1.807, 2.05) is 25.8 Å². The van der Waals surface area contributed by atoms with E-state index < -0.39 is 0 Å². The summed E-state index contributed by atoms with van der Waals surface area (Å²) < 4.78 is 0. The average molecular weight is 226 g/mol. The molecule has 0 aromatic carbocycles. The number of rotatable bonds is 4. The number of nitrogens with zero attached hydrogens (tertiary/aromatic N) is 2. The molecule has 1 rings (SSSR count). The first-order valence-corrected chi connectivity index (χ1v) is 6.48. The molecular weight excluding hydrogens is 200 g/mol. The molecule has 1 saturated heterocycles. The van der Waals surface area contributed by atoms with Crippen LogP contribution in [0.2, 0.25) is 0 Å². The van der Waals surface area contributed by atoms with Crippen molar-refractivity contribution in [2.45, 2.75) is 33.6 Å². The Morgan fingerprint density at radius 1 is 1.38 bits per heavy atom.